The fourth-order valence-corrected chi connectivity index (χ4v) is 5.52. The normalized spacial score (nSPS) is 17.3. The molecule has 2 aliphatic rings. The van der Waals surface area contributed by atoms with Gasteiger partial charge in [-0.05, 0) is 73.0 Å². The summed E-state index contributed by atoms with van der Waals surface area (Å²) in [6.45, 7) is 3.22. The summed E-state index contributed by atoms with van der Waals surface area (Å²) in [7, 11) is 0. The Morgan fingerprint density at radius 1 is 1.13 bits per heavy atom. The number of nitrogens with two attached hydrogens (primary N) is 1. The lowest BCUT2D eigenvalue weighted by molar-refractivity contribution is -0.115. The first-order valence-corrected chi connectivity index (χ1v) is 13.6. The van der Waals surface area contributed by atoms with Crippen molar-refractivity contribution in [1.29, 1.82) is 0 Å². The predicted octanol–water partition coefficient (Wildman–Crippen LogP) is 4.20. The molecule has 10 nitrogen and oxygen atoms in total. The van der Waals surface area contributed by atoms with E-state index in [4.69, 9.17) is 10.2 Å². The fourth-order valence-electron chi connectivity index (χ4n) is 4.86. The van der Waals surface area contributed by atoms with E-state index in [2.05, 4.69) is 30.5 Å². The molecule has 0 bridgehead atoms. The van der Waals surface area contributed by atoms with Gasteiger partial charge in [0, 0.05) is 31.2 Å². The third-order valence-electron chi connectivity index (χ3n) is 6.89. The molecule has 0 unspecified atom stereocenters. The van der Waals surface area contributed by atoms with Gasteiger partial charge in [-0.1, -0.05) is 24.3 Å². The van der Waals surface area contributed by atoms with Crippen LogP contribution in [-0.2, 0) is 11.3 Å². The molecule has 2 fully saturated rings. The molecule has 11 heteroatoms. The Morgan fingerprint density at radius 3 is 2.77 bits per heavy atom. The number of benzene rings is 1. The summed E-state index contributed by atoms with van der Waals surface area (Å²) in [5.41, 5.74) is 9.23. The lowest BCUT2D eigenvalue weighted by Crippen LogP contribution is -2.38. The number of anilines is 2. The average Bonchev–Trinajstić information content (AvgIpc) is 3.52. The number of imide groups is 1. The maximum atomic E-state index is 11.8. The quantitative estimate of drug-likeness (QED) is 0.292. The Hall–Kier alpha value is -4.22. The number of hydrogen-bond acceptors (Lipinski definition) is 10. The van der Waals surface area contributed by atoms with Crippen LogP contribution in [0.25, 0.3) is 28.5 Å². The van der Waals surface area contributed by atoms with Crippen molar-refractivity contribution in [2.45, 2.75) is 19.4 Å². The van der Waals surface area contributed by atoms with Crippen LogP contribution in [-0.4, -0.2) is 45.7 Å². The Labute approximate surface area is 229 Å². The number of carbonyl (C=O) groups is 2. The molecule has 2 aliphatic heterocycles. The van der Waals surface area contributed by atoms with E-state index in [0.29, 0.717) is 40.6 Å². The predicted molar refractivity (Wildman–Crippen MR) is 152 cm³/mol. The molecule has 0 saturated carbocycles. The molecule has 0 radical (unpaired) electrons. The summed E-state index contributed by atoms with van der Waals surface area (Å²) in [6.07, 6.45) is 5.32. The van der Waals surface area contributed by atoms with Crippen LogP contribution < -0.4 is 21.3 Å². The van der Waals surface area contributed by atoms with E-state index < -0.39 is 5.91 Å². The molecular weight excluding hydrogens is 514 g/mol. The number of thioether (sulfide) groups is 1. The minimum absolute atomic E-state index is 0.342. The SMILES string of the molecule is Nc1ccc(CNCC2CCN(c3nccc(C=C4SC(=O)NC4=O)n3)CC2)c(-c2cc3ccccc3o2)n1. The first kappa shape index (κ1) is 25.1. The van der Waals surface area contributed by atoms with Crippen molar-refractivity contribution < 1.29 is 14.0 Å². The second-order valence-corrected chi connectivity index (χ2v) is 10.6. The third kappa shape index (κ3) is 5.64. The van der Waals surface area contributed by atoms with Gasteiger partial charge in [-0.3, -0.25) is 14.9 Å². The number of aromatic nitrogens is 3. The average molecular weight is 542 g/mol. The van der Waals surface area contributed by atoms with Crippen LogP contribution in [0.3, 0.4) is 0 Å². The maximum absolute atomic E-state index is 11.8. The van der Waals surface area contributed by atoms with E-state index in [0.717, 1.165) is 66.5 Å². The van der Waals surface area contributed by atoms with E-state index in [1.54, 1.807) is 18.3 Å². The van der Waals surface area contributed by atoms with Crippen LogP contribution >= 0.6 is 11.8 Å². The molecule has 6 rings (SSSR count). The molecule has 198 valence electrons. The van der Waals surface area contributed by atoms with Crippen LogP contribution in [0.5, 0.6) is 0 Å². The number of carbonyl (C=O) groups excluding carboxylic acids is 2. The monoisotopic (exact) mass is 541 g/mol. The Balaban J connectivity index is 1.05. The zero-order chi connectivity index (χ0) is 26.8. The van der Waals surface area contributed by atoms with Gasteiger partial charge in [0.1, 0.15) is 17.1 Å². The number of rotatable bonds is 7. The zero-order valence-electron chi connectivity index (χ0n) is 21.1. The van der Waals surface area contributed by atoms with Gasteiger partial charge in [0.05, 0.1) is 10.6 Å². The van der Waals surface area contributed by atoms with Gasteiger partial charge in [-0.2, -0.15) is 0 Å². The van der Waals surface area contributed by atoms with E-state index in [1.165, 1.54) is 0 Å². The van der Waals surface area contributed by atoms with Gasteiger partial charge in [-0.25, -0.2) is 15.0 Å². The van der Waals surface area contributed by atoms with Crippen LogP contribution in [0.1, 0.15) is 24.1 Å². The molecule has 0 atom stereocenters. The molecule has 2 amide bonds. The number of para-hydroxylation sites is 1. The minimum atomic E-state index is -0.391. The number of piperidine rings is 1. The number of amides is 2. The molecule has 4 N–H and O–H groups in total. The molecule has 0 spiro atoms. The number of furan rings is 1. The number of nitrogen functional groups attached to an aromatic ring is 1. The van der Waals surface area contributed by atoms with Gasteiger partial charge in [0.25, 0.3) is 11.1 Å². The second-order valence-electron chi connectivity index (χ2n) is 9.59. The van der Waals surface area contributed by atoms with Gasteiger partial charge in [-0.15, -0.1) is 0 Å². The number of fused-ring (bicyclic) bond motifs is 1. The summed E-state index contributed by atoms with van der Waals surface area (Å²) in [5.74, 6) is 1.94. The van der Waals surface area contributed by atoms with Crippen molar-refractivity contribution in [3.05, 3.63) is 70.9 Å². The van der Waals surface area contributed by atoms with Gasteiger partial charge >= 0.3 is 0 Å². The lowest BCUT2D eigenvalue weighted by atomic mass is 9.97. The highest BCUT2D eigenvalue weighted by atomic mass is 32.2. The van der Waals surface area contributed by atoms with Crippen LogP contribution in [0, 0.1) is 5.92 Å². The zero-order valence-corrected chi connectivity index (χ0v) is 21.9. The molecule has 4 aromatic rings. The van der Waals surface area contributed by atoms with Crippen molar-refractivity contribution in [2.24, 2.45) is 5.92 Å². The Bertz CT molecular complexity index is 1540. The van der Waals surface area contributed by atoms with Gasteiger partial charge < -0.3 is 20.4 Å². The second kappa shape index (κ2) is 10.9. The van der Waals surface area contributed by atoms with Gasteiger partial charge in [0.2, 0.25) is 5.95 Å². The standard InChI is InChI=1S/C28H27N7O3S/c29-24-6-5-19(25(33-24)22-13-18-3-1-2-4-21(18)38-22)16-30-15-17-8-11-35(12-9-17)27-31-10-7-20(32-27)14-23-26(36)34-28(37)39-23/h1-7,10,13-14,17,30H,8-9,11-12,15-16H2,(H2,29,33)(H,34,36,37). The summed E-state index contributed by atoms with van der Waals surface area (Å²) < 4.78 is 6.05. The molecule has 5 heterocycles. The molecule has 1 aromatic carbocycles. The van der Waals surface area contributed by atoms with E-state index in [1.807, 2.05) is 42.5 Å². The third-order valence-corrected chi connectivity index (χ3v) is 7.70. The maximum Gasteiger partial charge on any atom is 0.290 e. The Morgan fingerprint density at radius 2 is 1.97 bits per heavy atom. The highest BCUT2D eigenvalue weighted by molar-refractivity contribution is 8.18. The summed E-state index contributed by atoms with van der Waals surface area (Å²) >= 11 is 0.882. The summed E-state index contributed by atoms with van der Waals surface area (Å²) in [6, 6.07) is 15.5. The first-order valence-electron chi connectivity index (χ1n) is 12.8. The van der Waals surface area contributed by atoms with E-state index in [9.17, 15) is 9.59 Å². The highest BCUT2D eigenvalue weighted by Gasteiger charge is 2.26. The van der Waals surface area contributed by atoms with E-state index >= 15 is 0 Å². The minimum Gasteiger partial charge on any atom is -0.454 e. The van der Waals surface area contributed by atoms with Crippen molar-refractivity contribution >= 4 is 51.7 Å². The molecule has 2 saturated heterocycles. The highest BCUT2D eigenvalue weighted by Crippen LogP contribution is 2.30. The van der Waals surface area contributed by atoms with Crippen LogP contribution in [0.2, 0.25) is 0 Å². The summed E-state index contributed by atoms with van der Waals surface area (Å²) in [5, 5.41) is 6.53. The van der Waals surface area contributed by atoms with Crippen LogP contribution in [0.4, 0.5) is 16.6 Å². The van der Waals surface area contributed by atoms with Gasteiger partial charge in [0.15, 0.2) is 5.76 Å². The number of pyridine rings is 1. The number of nitrogens with one attached hydrogen (secondary N) is 2. The van der Waals surface area contributed by atoms with E-state index in [-0.39, 0.29) is 5.24 Å². The van der Waals surface area contributed by atoms with Crippen molar-refractivity contribution in [3.63, 3.8) is 0 Å². The molecular formula is C28H27N7O3S. The summed E-state index contributed by atoms with van der Waals surface area (Å²) in [4.78, 5) is 39.4. The topological polar surface area (TPSA) is 139 Å². The number of nitrogens with zero attached hydrogens (tertiary/aromatic N) is 4. The molecule has 0 aliphatic carbocycles. The molecule has 3 aromatic heterocycles. The number of hydrogen-bond donors (Lipinski definition) is 3. The fraction of sp³-hybridized carbons (Fsp3) is 0.250. The smallest absolute Gasteiger partial charge is 0.290 e. The lowest BCUT2D eigenvalue weighted by Gasteiger charge is -2.32. The van der Waals surface area contributed by atoms with Crippen LogP contribution in [0.15, 0.2) is 64.1 Å². The molecule has 39 heavy (non-hydrogen) atoms. The largest absolute Gasteiger partial charge is 0.454 e. The van der Waals surface area contributed by atoms with Crippen molar-refractivity contribution in [3.8, 4) is 11.5 Å². The Kier molecular flexibility index (Phi) is 6.99. The first-order chi connectivity index (χ1) is 19.0. The van der Waals surface area contributed by atoms with Crippen molar-refractivity contribution in [2.75, 3.05) is 30.3 Å². The van der Waals surface area contributed by atoms with Crippen molar-refractivity contribution in [1.82, 2.24) is 25.6 Å².